The maximum absolute atomic E-state index is 11.9. The van der Waals surface area contributed by atoms with E-state index in [1.807, 2.05) is 0 Å². The molecule has 3 N–H and O–H groups in total. The van der Waals surface area contributed by atoms with Gasteiger partial charge < -0.3 is 15.7 Å². The summed E-state index contributed by atoms with van der Waals surface area (Å²) in [5.74, 6) is 0.0425. The molecule has 110 valence electrons. The lowest BCUT2D eigenvalue weighted by Crippen LogP contribution is -2.47. The van der Waals surface area contributed by atoms with Crippen LogP contribution in [0.5, 0.6) is 0 Å². The Morgan fingerprint density at radius 2 is 1.95 bits per heavy atom. The molecule has 0 bridgehead atoms. The van der Waals surface area contributed by atoms with Gasteiger partial charge in [-0.25, -0.2) is 0 Å². The monoisotopic (exact) mass is 269 g/mol. The first-order chi connectivity index (χ1) is 9.18. The van der Waals surface area contributed by atoms with Crippen molar-refractivity contribution in [1.82, 2.24) is 15.5 Å². The third-order valence-electron chi connectivity index (χ3n) is 4.20. The van der Waals surface area contributed by atoms with Gasteiger partial charge in [0.25, 0.3) is 0 Å². The molecule has 1 aliphatic heterocycles. The predicted molar refractivity (Wildman–Crippen MR) is 75.0 cm³/mol. The zero-order valence-electron chi connectivity index (χ0n) is 11.8. The lowest BCUT2D eigenvalue weighted by molar-refractivity contribution is -0.123. The van der Waals surface area contributed by atoms with Gasteiger partial charge in [-0.15, -0.1) is 0 Å². The molecule has 2 rings (SSSR count). The van der Waals surface area contributed by atoms with E-state index in [4.69, 9.17) is 0 Å². The van der Waals surface area contributed by atoms with Crippen molar-refractivity contribution in [1.29, 1.82) is 0 Å². The van der Waals surface area contributed by atoms with E-state index in [9.17, 15) is 9.90 Å². The van der Waals surface area contributed by atoms with E-state index < -0.39 is 5.60 Å². The number of aliphatic hydroxyl groups is 1. The van der Waals surface area contributed by atoms with Gasteiger partial charge in [0.1, 0.15) is 0 Å². The van der Waals surface area contributed by atoms with Crippen molar-refractivity contribution in [2.75, 3.05) is 39.3 Å². The molecule has 0 atom stereocenters. The summed E-state index contributed by atoms with van der Waals surface area (Å²) in [4.78, 5) is 14.1. The number of carbonyl (C=O) groups is 1. The van der Waals surface area contributed by atoms with Gasteiger partial charge in [0.2, 0.25) is 5.91 Å². The first kappa shape index (κ1) is 14.8. The SMILES string of the molecule is O=C(CN1CCCNCC1)NCC1(O)CCCCC1. The smallest absolute Gasteiger partial charge is 0.234 e. The summed E-state index contributed by atoms with van der Waals surface area (Å²) in [5, 5.41) is 16.6. The van der Waals surface area contributed by atoms with Gasteiger partial charge in [-0.05, 0) is 32.4 Å². The summed E-state index contributed by atoms with van der Waals surface area (Å²) < 4.78 is 0. The Hall–Kier alpha value is -0.650. The number of amides is 1. The topological polar surface area (TPSA) is 64.6 Å². The van der Waals surface area contributed by atoms with Crippen LogP contribution in [0.2, 0.25) is 0 Å². The molecule has 1 amide bonds. The lowest BCUT2D eigenvalue weighted by Gasteiger charge is -2.32. The van der Waals surface area contributed by atoms with E-state index in [1.165, 1.54) is 6.42 Å². The summed E-state index contributed by atoms with van der Waals surface area (Å²) in [6.07, 6.45) is 6.09. The molecular weight excluding hydrogens is 242 g/mol. The van der Waals surface area contributed by atoms with Gasteiger partial charge >= 0.3 is 0 Å². The Morgan fingerprint density at radius 1 is 1.16 bits per heavy atom. The van der Waals surface area contributed by atoms with Crippen molar-refractivity contribution in [3.63, 3.8) is 0 Å². The van der Waals surface area contributed by atoms with Crippen molar-refractivity contribution in [2.45, 2.75) is 44.1 Å². The molecule has 2 fully saturated rings. The van der Waals surface area contributed by atoms with Crippen molar-refractivity contribution in [3.05, 3.63) is 0 Å². The van der Waals surface area contributed by atoms with Crippen molar-refractivity contribution in [2.24, 2.45) is 0 Å². The molecular formula is C14H27N3O2. The van der Waals surface area contributed by atoms with Gasteiger partial charge in [0, 0.05) is 19.6 Å². The molecule has 0 aromatic heterocycles. The minimum absolute atomic E-state index is 0.0425. The molecule has 1 heterocycles. The average Bonchev–Trinajstić information content (AvgIpc) is 2.66. The fourth-order valence-corrected chi connectivity index (χ4v) is 2.97. The second kappa shape index (κ2) is 7.22. The van der Waals surface area contributed by atoms with E-state index in [0.717, 1.165) is 58.3 Å². The van der Waals surface area contributed by atoms with E-state index >= 15 is 0 Å². The molecule has 5 nitrogen and oxygen atoms in total. The molecule has 1 saturated heterocycles. The standard InChI is InChI=1S/C14H27N3O2/c18-13(11-17-9-4-7-15-8-10-17)16-12-14(19)5-2-1-3-6-14/h15,19H,1-12H2,(H,16,18). The Kier molecular flexibility index (Phi) is 5.60. The lowest BCUT2D eigenvalue weighted by atomic mass is 9.85. The van der Waals surface area contributed by atoms with Gasteiger partial charge in [-0.1, -0.05) is 19.3 Å². The quantitative estimate of drug-likeness (QED) is 0.677. The highest BCUT2D eigenvalue weighted by Crippen LogP contribution is 2.27. The van der Waals surface area contributed by atoms with Crippen LogP contribution in [0.3, 0.4) is 0 Å². The molecule has 2 aliphatic rings. The summed E-state index contributed by atoms with van der Waals surface area (Å²) in [6.45, 7) is 4.77. The number of hydrogen-bond donors (Lipinski definition) is 3. The molecule has 1 saturated carbocycles. The summed E-state index contributed by atoms with van der Waals surface area (Å²) >= 11 is 0. The first-order valence-corrected chi connectivity index (χ1v) is 7.60. The van der Waals surface area contributed by atoms with Gasteiger partial charge in [-0.3, -0.25) is 9.69 Å². The Balaban J connectivity index is 1.68. The Bertz CT molecular complexity index is 282. The highest BCUT2D eigenvalue weighted by atomic mass is 16.3. The molecule has 0 unspecified atom stereocenters. The second-order valence-electron chi connectivity index (χ2n) is 5.94. The number of nitrogens with one attached hydrogen (secondary N) is 2. The van der Waals surface area contributed by atoms with Crippen LogP contribution in [0.4, 0.5) is 0 Å². The maximum Gasteiger partial charge on any atom is 0.234 e. The van der Waals surface area contributed by atoms with Crippen LogP contribution >= 0.6 is 0 Å². The molecule has 1 aliphatic carbocycles. The zero-order valence-corrected chi connectivity index (χ0v) is 11.8. The third kappa shape index (κ3) is 5.09. The normalized spacial score (nSPS) is 24.7. The highest BCUT2D eigenvalue weighted by molar-refractivity contribution is 5.78. The largest absolute Gasteiger partial charge is 0.388 e. The molecule has 5 heteroatoms. The van der Waals surface area contributed by atoms with Crippen LogP contribution in [0.15, 0.2) is 0 Å². The van der Waals surface area contributed by atoms with Crippen molar-refractivity contribution < 1.29 is 9.90 Å². The van der Waals surface area contributed by atoms with Crippen LogP contribution in [-0.4, -0.2) is 60.8 Å². The fourth-order valence-electron chi connectivity index (χ4n) is 2.97. The van der Waals surface area contributed by atoms with E-state index in [1.54, 1.807) is 0 Å². The Morgan fingerprint density at radius 3 is 2.74 bits per heavy atom. The minimum Gasteiger partial charge on any atom is -0.388 e. The van der Waals surface area contributed by atoms with Crippen molar-refractivity contribution >= 4 is 5.91 Å². The van der Waals surface area contributed by atoms with Crippen LogP contribution in [0, 0.1) is 0 Å². The van der Waals surface area contributed by atoms with E-state index in [-0.39, 0.29) is 5.91 Å². The number of carbonyl (C=O) groups excluding carboxylic acids is 1. The van der Waals surface area contributed by atoms with E-state index in [0.29, 0.717) is 13.1 Å². The van der Waals surface area contributed by atoms with Crippen LogP contribution in [0.1, 0.15) is 38.5 Å². The van der Waals surface area contributed by atoms with E-state index in [2.05, 4.69) is 15.5 Å². The molecule has 19 heavy (non-hydrogen) atoms. The highest BCUT2D eigenvalue weighted by Gasteiger charge is 2.29. The average molecular weight is 269 g/mol. The zero-order chi connectivity index (χ0) is 13.6. The molecule has 0 aromatic rings. The van der Waals surface area contributed by atoms with Gasteiger partial charge in [0.05, 0.1) is 12.1 Å². The first-order valence-electron chi connectivity index (χ1n) is 7.60. The fraction of sp³-hybridized carbons (Fsp3) is 0.929. The number of rotatable bonds is 4. The Labute approximate surface area is 115 Å². The maximum atomic E-state index is 11.9. The van der Waals surface area contributed by atoms with Crippen LogP contribution in [0.25, 0.3) is 0 Å². The molecule has 0 radical (unpaired) electrons. The summed E-state index contributed by atoms with van der Waals surface area (Å²) in [5.41, 5.74) is -0.658. The van der Waals surface area contributed by atoms with Gasteiger partial charge in [0.15, 0.2) is 0 Å². The van der Waals surface area contributed by atoms with Crippen LogP contribution < -0.4 is 10.6 Å². The minimum atomic E-state index is -0.658. The third-order valence-corrected chi connectivity index (χ3v) is 4.20. The molecule has 0 spiro atoms. The summed E-state index contributed by atoms with van der Waals surface area (Å²) in [7, 11) is 0. The predicted octanol–water partition coefficient (Wildman–Crippen LogP) is 0.0931. The number of hydrogen-bond acceptors (Lipinski definition) is 4. The van der Waals surface area contributed by atoms with Crippen molar-refractivity contribution in [3.8, 4) is 0 Å². The van der Waals surface area contributed by atoms with Crippen LogP contribution in [-0.2, 0) is 4.79 Å². The van der Waals surface area contributed by atoms with Gasteiger partial charge in [-0.2, -0.15) is 0 Å². The number of nitrogens with zero attached hydrogens (tertiary/aromatic N) is 1. The molecule has 0 aromatic carbocycles. The summed E-state index contributed by atoms with van der Waals surface area (Å²) in [6, 6.07) is 0. The second-order valence-corrected chi connectivity index (χ2v) is 5.94.